The molecule has 2 aromatic rings. The maximum Gasteiger partial charge on any atom is 0.137 e. The lowest BCUT2D eigenvalue weighted by Gasteiger charge is -2.38. The third kappa shape index (κ3) is 2.47. The number of benzene rings is 2. The first kappa shape index (κ1) is 15.8. The van der Waals surface area contributed by atoms with E-state index in [9.17, 15) is 0 Å². The third-order valence-electron chi connectivity index (χ3n) is 5.65. The minimum Gasteiger partial charge on any atom is -0.495 e. The summed E-state index contributed by atoms with van der Waals surface area (Å²) in [6.45, 7) is 1.06. The fourth-order valence-corrected chi connectivity index (χ4v) is 4.67. The predicted molar refractivity (Wildman–Crippen MR) is 99.1 cm³/mol. The van der Waals surface area contributed by atoms with Crippen molar-refractivity contribution in [3.8, 4) is 5.75 Å². The van der Waals surface area contributed by atoms with Crippen molar-refractivity contribution in [3.05, 3.63) is 57.6 Å². The van der Waals surface area contributed by atoms with Gasteiger partial charge in [0.05, 0.1) is 12.1 Å². The van der Waals surface area contributed by atoms with Gasteiger partial charge in [-0.05, 0) is 72.8 Å². The summed E-state index contributed by atoms with van der Waals surface area (Å²) in [6, 6.07) is 11.1. The van der Waals surface area contributed by atoms with Crippen LogP contribution in [0.2, 0.25) is 5.02 Å². The molecule has 1 aliphatic carbocycles. The number of ether oxygens (including phenoxy) is 1. The van der Waals surface area contributed by atoms with E-state index >= 15 is 0 Å². The molecule has 0 amide bonds. The van der Waals surface area contributed by atoms with Crippen LogP contribution in [0, 0.1) is 0 Å². The van der Waals surface area contributed by atoms with E-state index < -0.39 is 0 Å². The first-order valence-electron chi connectivity index (χ1n) is 8.53. The Balaban J connectivity index is 1.93. The minimum atomic E-state index is 0.350. The van der Waals surface area contributed by atoms with Gasteiger partial charge in [0, 0.05) is 24.2 Å². The zero-order valence-electron chi connectivity index (χ0n) is 14.2. The van der Waals surface area contributed by atoms with Crippen molar-refractivity contribution in [3.63, 3.8) is 0 Å². The minimum absolute atomic E-state index is 0.350. The van der Waals surface area contributed by atoms with Gasteiger partial charge in [0.15, 0.2) is 0 Å². The van der Waals surface area contributed by atoms with Crippen LogP contribution in [0.3, 0.4) is 0 Å². The van der Waals surface area contributed by atoms with Gasteiger partial charge in [-0.2, -0.15) is 0 Å². The molecular formula is C20H23ClN2O. The van der Waals surface area contributed by atoms with Crippen LogP contribution in [0.5, 0.6) is 5.75 Å². The molecule has 0 spiro atoms. The van der Waals surface area contributed by atoms with Gasteiger partial charge in [-0.3, -0.25) is 0 Å². The Morgan fingerprint density at radius 2 is 1.92 bits per heavy atom. The summed E-state index contributed by atoms with van der Waals surface area (Å²) < 4.78 is 5.50. The maximum absolute atomic E-state index is 6.39. The lowest BCUT2D eigenvalue weighted by Crippen LogP contribution is -2.39. The Labute approximate surface area is 148 Å². The summed E-state index contributed by atoms with van der Waals surface area (Å²) in [6.07, 6.45) is 3.26. The molecule has 0 fully saturated rings. The summed E-state index contributed by atoms with van der Waals surface area (Å²) in [7, 11) is 3.92. The van der Waals surface area contributed by atoms with Gasteiger partial charge in [0.2, 0.25) is 0 Å². The molecular weight excluding hydrogens is 320 g/mol. The molecule has 126 valence electrons. The van der Waals surface area contributed by atoms with Gasteiger partial charge in [0.25, 0.3) is 0 Å². The van der Waals surface area contributed by atoms with Gasteiger partial charge in [-0.25, -0.2) is 0 Å². The third-order valence-corrected chi connectivity index (χ3v) is 5.94. The van der Waals surface area contributed by atoms with Gasteiger partial charge in [-0.1, -0.05) is 17.7 Å². The summed E-state index contributed by atoms with van der Waals surface area (Å²) >= 11 is 6.39. The molecule has 2 N–H and O–H groups in total. The van der Waals surface area contributed by atoms with Crippen molar-refractivity contribution in [2.75, 3.05) is 26.4 Å². The van der Waals surface area contributed by atoms with Crippen LogP contribution in [0.4, 0.5) is 5.69 Å². The average Bonchev–Trinajstić information content (AvgIpc) is 2.71. The van der Waals surface area contributed by atoms with Crippen LogP contribution in [0.15, 0.2) is 30.3 Å². The van der Waals surface area contributed by atoms with Crippen molar-refractivity contribution >= 4 is 17.3 Å². The first-order chi connectivity index (χ1) is 11.6. The number of nitrogens with zero attached hydrogens (tertiary/aromatic N) is 1. The van der Waals surface area contributed by atoms with Crippen LogP contribution in [0.25, 0.3) is 0 Å². The number of halogens is 1. The van der Waals surface area contributed by atoms with E-state index in [-0.39, 0.29) is 0 Å². The molecule has 2 aromatic carbocycles. The standard InChI is InChI=1S/C20H23ClN2O/c1-23-8-7-13-10-17(21)19(24-2)11-16(13)20-15-5-4-14(22)9-12(15)3-6-18(20)23/h4-5,9-11,18,20H,3,6-8,22H2,1-2H3. The maximum atomic E-state index is 6.39. The van der Waals surface area contributed by atoms with Crippen molar-refractivity contribution < 1.29 is 4.74 Å². The SMILES string of the molecule is COc1cc2c(cc1Cl)CCN(C)C1CCc3cc(N)ccc3C21. The van der Waals surface area contributed by atoms with Gasteiger partial charge < -0.3 is 15.4 Å². The van der Waals surface area contributed by atoms with Crippen molar-refractivity contribution in [2.45, 2.75) is 31.2 Å². The van der Waals surface area contributed by atoms with Crippen LogP contribution >= 0.6 is 11.6 Å². The van der Waals surface area contributed by atoms with Crippen LogP contribution in [-0.2, 0) is 12.8 Å². The number of anilines is 1. The molecule has 0 radical (unpaired) electrons. The molecule has 24 heavy (non-hydrogen) atoms. The molecule has 2 atom stereocenters. The first-order valence-corrected chi connectivity index (χ1v) is 8.91. The zero-order chi connectivity index (χ0) is 16.8. The second-order valence-electron chi connectivity index (χ2n) is 6.96. The highest BCUT2D eigenvalue weighted by Gasteiger charge is 2.36. The van der Waals surface area contributed by atoms with E-state index in [0.717, 1.165) is 37.2 Å². The quantitative estimate of drug-likeness (QED) is 0.800. The fraction of sp³-hybridized carbons (Fsp3) is 0.400. The van der Waals surface area contributed by atoms with Crippen molar-refractivity contribution in [1.82, 2.24) is 4.90 Å². The normalized spacial score (nSPS) is 23.0. The molecule has 4 heteroatoms. The van der Waals surface area contributed by atoms with Crippen molar-refractivity contribution in [1.29, 1.82) is 0 Å². The number of rotatable bonds is 1. The van der Waals surface area contributed by atoms with E-state index in [0.29, 0.717) is 17.0 Å². The van der Waals surface area contributed by atoms with E-state index in [4.69, 9.17) is 22.1 Å². The highest BCUT2D eigenvalue weighted by molar-refractivity contribution is 6.32. The molecule has 1 heterocycles. The van der Waals surface area contributed by atoms with E-state index in [1.807, 2.05) is 6.07 Å². The second kappa shape index (κ2) is 5.98. The molecule has 0 aromatic heterocycles. The van der Waals surface area contributed by atoms with Gasteiger partial charge in [0.1, 0.15) is 5.75 Å². The fourth-order valence-electron chi connectivity index (χ4n) is 4.41. The number of hydrogen-bond acceptors (Lipinski definition) is 3. The predicted octanol–water partition coefficient (Wildman–Crippen LogP) is 3.87. The molecule has 0 bridgehead atoms. The Bertz CT molecular complexity index is 789. The second-order valence-corrected chi connectivity index (χ2v) is 7.37. The number of likely N-dealkylation sites (N-methyl/N-ethyl adjacent to an activating group) is 1. The van der Waals surface area contributed by atoms with Gasteiger partial charge in [-0.15, -0.1) is 0 Å². The van der Waals surface area contributed by atoms with E-state index in [1.165, 1.54) is 22.3 Å². The molecule has 4 rings (SSSR count). The molecule has 0 saturated carbocycles. The highest BCUT2D eigenvalue weighted by Crippen LogP contribution is 2.44. The number of nitrogens with two attached hydrogens (primary N) is 1. The Morgan fingerprint density at radius 1 is 1.12 bits per heavy atom. The summed E-state index contributed by atoms with van der Waals surface area (Å²) in [5, 5.41) is 0.700. The van der Waals surface area contributed by atoms with Gasteiger partial charge >= 0.3 is 0 Å². The highest BCUT2D eigenvalue weighted by atomic mass is 35.5. The molecule has 3 nitrogen and oxygen atoms in total. The van der Waals surface area contributed by atoms with Crippen LogP contribution in [0.1, 0.15) is 34.6 Å². The van der Waals surface area contributed by atoms with Crippen LogP contribution < -0.4 is 10.5 Å². The number of methoxy groups -OCH3 is 1. The Morgan fingerprint density at radius 3 is 2.71 bits per heavy atom. The lowest BCUT2D eigenvalue weighted by atomic mass is 9.74. The van der Waals surface area contributed by atoms with Crippen LogP contribution in [-0.4, -0.2) is 31.6 Å². The molecule has 1 aliphatic heterocycles. The average molecular weight is 343 g/mol. The topological polar surface area (TPSA) is 38.5 Å². The lowest BCUT2D eigenvalue weighted by molar-refractivity contribution is 0.214. The summed E-state index contributed by atoms with van der Waals surface area (Å²) in [5.74, 6) is 1.12. The Kier molecular flexibility index (Phi) is 3.93. The number of hydrogen-bond donors (Lipinski definition) is 1. The van der Waals surface area contributed by atoms with E-state index in [2.05, 4.69) is 36.2 Å². The number of nitrogen functional groups attached to an aromatic ring is 1. The summed E-state index contributed by atoms with van der Waals surface area (Å²) in [5.41, 5.74) is 12.3. The zero-order valence-corrected chi connectivity index (χ0v) is 14.9. The number of aryl methyl sites for hydroxylation is 1. The van der Waals surface area contributed by atoms with E-state index in [1.54, 1.807) is 7.11 Å². The Hall–Kier alpha value is -1.71. The largest absolute Gasteiger partial charge is 0.495 e. The smallest absolute Gasteiger partial charge is 0.137 e. The molecule has 2 unspecified atom stereocenters. The molecule has 0 saturated heterocycles. The monoisotopic (exact) mass is 342 g/mol. The van der Waals surface area contributed by atoms with Crippen molar-refractivity contribution in [2.24, 2.45) is 0 Å². The summed E-state index contributed by atoms with van der Waals surface area (Å²) in [4.78, 5) is 2.50. The molecule has 2 aliphatic rings. The number of fused-ring (bicyclic) bond motifs is 5.